The highest BCUT2D eigenvalue weighted by molar-refractivity contribution is 7.51. The summed E-state index contributed by atoms with van der Waals surface area (Å²) in [5, 5.41) is 0. The highest BCUT2D eigenvalue weighted by Crippen LogP contribution is 2.35. The highest BCUT2D eigenvalue weighted by atomic mass is 79.9. The smallest absolute Gasteiger partial charge is 0.325 e. The minimum Gasteiger partial charge on any atom is -1.00 e. The fourth-order valence-electron chi connectivity index (χ4n) is 3.38. The van der Waals surface area contributed by atoms with Crippen LogP contribution in [-0.4, -0.2) is 25.9 Å². The summed E-state index contributed by atoms with van der Waals surface area (Å²) in [4.78, 5) is 26.2. The van der Waals surface area contributed by atoms with Gasteiger partial charge in [0.05, 0.1) is 0 Å². The third-order valence-electron chi connectivity index (χ3n) is 5.05. The molecule has 0 aliphatic carbocycles. The van der Waals surface area contributed by atoms with Crippen molar-refractivity contribution in [2.45, 2.75) is 45.1 Å². The maximum atomic E-state index is 10.8. The highest BCUT2D eigenvalue weighted by Gasteiger charge is 2.11. The number of aromatic nitrogens is 3. The Hall–Kier alpha value is -1.92. The second-order valence-electron chi connectivity index (χ2n) is 7.48. The van der Waals surface area contributed by atoms with Gasteiger partial charge in [-0.15, -0.1) is 0 Å². The molecular weight excluding hydrogens is 477 g/mol. The fraction of sp³-hybridized carbons (Fsp3) is 0.348. The molecule has 0 bridgehead atoms. The molecular formula is C23H29BrN3O3P. The summed E-state index contributed by atoms with van der Waals surface area (Å²) in [5.41, 5.74) is 3.35. The van der Waals surface area contributed by atoms with Crippen molar-refractivity contribution in [2.24, 2.45) is 0 Å². The maximum absolute atomic E-state index is 10.8. The van der Waals surface area contributed by atoms with Gasteiger partial charge in [-0.1, -0.05) is 43.5 Å². The molecule has 2 aromatic heterocycles. The van der Waals surface area contributed by atoms with E-state index < -0.39 is 7.60 Å². The van der Waals surface area contributed by atoms with Gasteiger partial charge in [-0.05, 0) is 30.0 Å². The molecule has 0 saturated heterocycles. The van der Waals surface area contributed by atoms with Crippen LogP contribution in [0.1, 0.15) is 38.5 Å². The van der Waals surface area contributed by atoms with Crippen LogP contribution >= 0.6 is 7.60 Å². The van der Waals surface area contributed by atoms with E-state index in [1.54, 1.807) is 12.4 Å². The molecule has 31 heavy (non-hydrogen) atoms. The Morgan fingerprint density at radius 2 is 1.26 bits per heavy atom. The Morgan fingerprint density at radius 3 is 1.87 bits per heavy atom. The quantitative estimate of drug-likeness (QED) is 0.235. The summed E-state index contributed by atoms with van der Waals surface area (Å²) in [5.74, 6) is 0.733. The minimum absolute atomic E-state index is 0. The molecule has 0 radical (unpaired) electrons. The Morgan fingerprint density at radius 1 is 0.742 bits per heavy atom. The van der Waals surface area contributed by atoms with Gasteiger partial charge in [-0.3, -0.25) is 4.57 Å². The van der Waals surface area contributed by atoms with Crippen LogP contribution in [-0.2, 0) is 11.1 Å². The lowest BCUT2D eigenvalue weighted by atomic mass is 10.0. The zero-order valence-corrected chi connectivity index (χ0v) is 20.0. The van der Waals surface area contributed by atoms with E-state index in [2.05, 4.69) is 51.2 Å². The first kappa shape index (κ1) is 25.3. The maximum Gasteiger partial charge on any atom is 0.325 e. The van der Waals surface area contributed by atoms with E-state index in [9.17, 15) is 4.57 Å². The molecule has 2 N–H and O–H groups in total. The lowest BCUT2D eigenvalue weighted by Crippen LogP contribution is -3.00. The molecule has 0 amide bonds. The van der Waals surface area contributed by atoms with Crippen LogP contribution in [0.2, 0.25) is 0 Å². The summed E-state index contributed by atoms with van der Waals surface area (Å²) < 4.78 is 13.0. The van der Waals surface area contributed by atoms with Crippen LogP contribution in [0.15, 0.2) is 67.3 Å². The predicted octanol–water partition coefficient (Wildman–Crippen LogP) is 1.62. The Bertz CT molecular complexity index is 948. The van der Waals surface area contributed by atoms with Crippen molar-refractivity contribution in [1.29, 1.82) is 0 Å². The Balaban J connectivity index is 0.00000341. The van der Waals surface area contributed by atoms with Gasteiger partial charge < -0.3 is 26.8 Å². The lowest BCUT2D eigenvalue weighted by Gasteiger charge is -2.04. The third kappa shape index (κ3) is 8.99. The largest absolute Gasteiger partial charge is 1.00 e. The van der Waals surface area contributed by atoms with Crippen molar-refractivity contribution in [3.8, 4) is 22.5 Å². The first-order valence-electron chi connectivity index (χ1n) is 10.4. The molecule has 0 saturated carbocycles. The van der Waals surface area contributed by atoms with E-state index in [4.69, 9.17) is 9.79 Å². The number of halogens is 1. The van der Waals surface area contributed by atoms with Crippen LogP contribution < -0.4 is 21.5 Å². The number of unbranched alkanes of at least 4 members (excludes halogenated alkanes) is 5. The molecule has 0 spiro atoms. The van der Waals surface area contributed by atoms with Gasteiger partial charge in [0.1, 0.15) is 6.54 Å². The van der Waals surface area contributed by atoms with Gasteiger partial charge in [-0.2, -0.15) is 0 Å². The molecule has 0 unspecified atom stereocenters. The van der Waals surface area contributed by atoms with Crippen LogP contribution in [0.5, 0.6) is 0 Å². The lowest BCUT2D eigenvalue weighted by molar-refractivity contribution is -0.697. The average molecular weight is 506 g/mol. The van der Waals surface area contributed by atoms with Gasteiger partial charge >= 0.3 is 7.60 Å². The number of rotatable bonds is 11. The number of aryl methyl sites for hydroxylation is 1. The SMILES string of the molecule is O=P(O)(O)CCCCCCCC[n+]1ccc(-c2ccc(-c3ncccn3)cc2)cc1.[Br-]. The predicted molar refractivity (Wildman–Crippen MR) is 118 cm³/mol. The van der Waals surface area contributed by atoms with Gasteiger partial charge in [0, 0.05) is 42.7 Å². The third-order valence-corrected chi connectivity index (χ3v) is 5.95. The summed E-state index contributed by atoms with van der Waals surface area (Å²) in [7, 11) is -3.82. The van der Waals surface area contributed by atoms with Crippen LogP contribution in [0.4, 0.5) is 0 Å². The summed E-state index contributed by atoms with van der Waals surface area (Å²) >= 11 is 0. The van der Waals surface area contributed by atoms with Crippen molar-refractivity contribution in [1.82, 2.24) is 9.97 Å². The van der Waals surface area contributed by atoms with Gasteiger partial charge in [0.15, 0.2) is 18.2 Å². The second kappa shape index (κ2) is 12.8. The van der Waals surface area contributed by atoms with Gasteiger partial charge in [-0.25, -0.2) is 14.5 Å². The standard InChI is InChI=1S/C23H28N3O3P.BrH/c27-30(28,29)19-6-4-2-1-3-5-16-26-17-12-21(13-18-26)20-8-10-22(11-9-20)23-24-14-7-15-25-23;/h7-15,17-18H,1-6,16,19H2,(H-,27,28,29);1H. The van der Waals surface area contributed by atoms with Crippen LogP contribution in [0.3, 0.4) is 0 Å². The molecule has 3 rings (SSSR count). The fourth-order valence-corrected chi connectivity index (χ4v) is 4.01. The first-order chi connectivity index (χ1) is 14.5. The van der Waals surface area contributed by atoms with E-state index in [-0.39, 0.29) is 23.1 Å². The molecule has 8 heteroatoms. The molecule has 3 aromatic rings. The van der Waals surface area contributed by atoms with E-state index in [1.807, 2.05) is 18.2 Å². The topological polar surface area (TPSA) is 87.2 Å². The van der Waals surface area contributed by atoms with Crippen molar-refractivity contribution in [3.63, 3.8) is 0 Å². The van der Waals surface area contributed by atoms with Crippen LogP contribution in [0, 0.1) is 0 Å². The second-order valence-corrected chi connectivity index (χ2v) is 9.26. The average Bonchev–Trinajstić information content (AvgIpc) is 2.76. The molecule has 0 fully saturated rings. The Kier molecular flexibility index (Phi) is 10.5. The van der Waals surface area contributed by atoms with E-state index in [0.29, 0.717) is 6.42 Å². The zero-order chi connectivity index (χ0) is 21.2. The molecule has 6 nitrogen and oxygen atoms in total. The number of nitrogens with zero attached hydrogens (tertiary/aromatic N) is 3. The number of benzene rings is 1. The summed E-state index contributed by atoms with van der Waals surface area (Å²) in [6.07, 6.45) is 13.6. The first-order valence-corrected chi connectivity index (χ1v) is 12.2. The van der Waals surface area contributed by atoms with E-state index in [1.165, 1.54) is 5.56 Å². The van der Waals surface area contributed by atoms with Crippen LogP contribution in [0.25, 0.3) is 22.5 Å². The van der Waals surface area contributed by atoms with Crippen molar-refractivity contribution >= 4 is 7.60 Å². The van der Waals surface area contributed by atoms with Gasteiger partial charge in [0.25, 0.3) is 0 Å². The van der Waals surface area contributed by atoms with Crippen molar-refractivity contribution in [2.75, 3.05) is 6.16 Å². The molecule has 1 aromatic carbocycles. The molecule has 0 aliphatic heterocycles. The number of hydrogen-bond acceptors (Lipinski definition) is 3. The normalized spacial score (nSPS) is 11.2. The summed E-state index contributed by atoms with van der Waals surface area (Å²) in [6.45, 7) is 0.979. The molecule has 0 atom stereocenters. The monoisotopic (exact) mass is 505 g/mol. The Labute approximate surface area is 194 Å². The minimum atomic E-state index is -3.82. The number of hydrogen-bond donors (Lipinski definition) is 2. The van der Waals surface area contributed by atoms with Crippen molar-refractivity contribution < 1.29 is 35.9 Å². The summed E-state index contributed by atoms with van der Waals surface area (Å²) in [6, 6.07) is 14.4. The van der Waals surface area contributed by atoms with E-state index in [0.717, 1.165) is 55.6 Å². The molecule has 0 aliphatic rings. The zero-order valence-electron chi connectivity index (χ0n) is 17.5. The number of pyridine rings is 1. The van der Waals surface area contributed by atoms with Gasteiger partial charge in [0.2, 0.25) is 0 Å². The molecule has 2 heterocycles. The van der Waals surface area contributed by atoms with E-state index >= 15 is 0 Å². The van der Waals surface area contributed by atoms with Crippen molar-refractivity contribution in [3.05, 3.63) is 67.3 Å². The molecule has 166 valence electrons.